The number of carbonyl (C=O) groups excluding carboxylic acids is 2. The van der Waals surface area contributed by atoms with Crippen LogP contribution in [0.3, 0.4) is 0 Å². The van der Waals surface area contributed by atoms with E-state index in [0.717, 1.165) is 11.1 Å². The van der Waals surface area contributed by atoms with E-state index in [1.54, 1.807) is 26.8 Å². The Balaban J connectivity index is 3.28. The Hall–Kier alpha value is -2.22. The number of nitrogens with one attached hydrogen (secondary N) is 1. The topological polar surface area (TPSA) is 102 Å². The van der Waals surface area contributed by atoms with Gasteiger partial charge in [-0.3, -0.25) is 4.79 Å². The van der Waals surface area contributed by atoms with Crippen LogP contribution in [0.25, 0.3) is 0 Å². The Morgan fingerprint density at radius 1 is 1.20 bits per heavy atom. The average Bonchev–Trinajstić information content (AvgIpc) is 2.30. The van der Waals surface area contributed by atoms with Gasteiger partial charge >= 0.3 is 22.5 Å². The van der Waals surface area contributed by atoms with Crippen molar-refractivity contribution in [1.29, 1.82) is 0 Å². The van der Waals surface area contributed by atoms with Gasteiger partial charge in [0.25, 0.3) is 0 Å². The van der Waals surface area contributed by atoms with Crippen LogP contribution >= 0.6 is 0 Å². The summed E-state index contributed by atoms with van der Waals surface area (Å²) in [5, 5.41) is 2.33. The zero-order chi connectivity index (χ0) is 15.4. The number of nitrogens with zero attached hydrogens (tertiary/aromatic N) is 1. The minimum atomic E-state index is -2.82. The second kappa shape index (κ2) is 6.29. The molecule has 0 unspecified atom stereocenters. The number of rotatable bonds is 2. The van der Waals surface area contributed by atoms with E-state index in [1.807, 2.05) is 0 Å². The van der Waals surface area contributed by atoms with Crippen LogP contribution in [0.5, 0.6) is 5.75 Å². The van der Waals surface area contributed by atoms with Crippen LogP contribution in [0.15, 0.2) is 10.4 Å². The van der Waals surface area contributed by atoms with Crippen molar-refractivity contribution >= 4 is 28.2 Å². The van der Waals surface area contributed by atoms with Gasteiger partial charge in [0.1, 0.15) is 5.75 Å². The van der Waals surface area contributed by atoms with Crippen molar-refractivity contribution in [3.05, 3.63) is 22.8 Å². The molecule has 0 atom stereocenters. The molecule has 1 aromatic carbocycles. The van der Waals surface area contributed by atoms with Gasteiger partial charge in [-0.1, -0.05) is 4.36 Å². The van der Waals surface area contributed by atoms with Gasteiger partial charge in [0.05, 0.1) is 0 Å². The molecule has 0 radical (unpaired) electrons. The Kier molecular flexibility index (Phi) is 4.98. The number of hydrogen-bond acceptors (Lipinski definition) is 5. The van der Waals surface area contributed by atoms with E-state index < -0.39 is 22.5 Å². The maximum Gasteiger partial charge on any atom is 0.360 e. The lowest BCUT2D eigenvalue weighted by molar-refractivity contribution is -0.131. The molecule has 7 nitrogen and oxygen atoms in total. The SMILES string of the molecule is CC(=O)Oc1c(C)c(C)cc(NC(=O)N=S(=O)=O)c1C. The summed E-state index contributed by atoms with van der Waals surface area (Å²) in [4.78, 5) is 22.4. The van der Waals surface area contributed by atoms with Crippen molar-refractivity contribution in [1.82, 2.24) is 0 Å². The highest BCUT2D eigenvalue weighted by atomic mass is 32.2. The van der Waals surface area contributed by atoms with Crippen LogP contribution in [-0.4, -0.2) is 20.4 Å². The quantitative estimate of drug-likeness (QED) is 0.665. The van der Waals surface area contributed by atoms with Gasteiger partial charge in [0.2, 0.25) is 0 Å². The highest BCUT2D eigenvalue weighted by Crippen LogP contribution is 2.32. The molecule has 0 aliphatic carbocycles. The molecule has 0 bridgehead atoms. The van der Waals surface area contributed by atoms with Crippen molar-refractivity contribution in [2.75, 3.05) is 5.32 Å². The fourth-order valence-electron chi connectivity index (χ4n) is 1.65. The van der Waals surface area contributed by atoms with Crippen LogP contribution < -0.4 is 10.1 Å². The summed E-state index contributed by atoms with van der Waals surface area (Å²) in [6.45, 7) is 6.48. The molecular formula is C12H14N2O5S. The molecule has 8 heteroatoms. The molecule has 1 N–H and O–H groups in total. The largest absolute Gasteiger partial charge is 0.426 e. The van der Waals surface area contributed by atoms with E-state index >= 15 is 0 Å². The van der Waals surface area contributed by atoms with Crippen LogP contribution in [0.4, 0.5) is 10.5 Å². The minimum absolute atomic E-state index is 0.337. The first-order valence-corrected chi connectivity index (χ1v) is 6.67. The van der Waals surface area contributed by atoms with Gasteiger partial charge in [-0.2, -0.15) is 8.42 Å². The third kappa shape index (κ3) is 3.89. The molecule has 1 aromatic rings. The fourth-order valence-corrected chi connectivity index (χ4v) is 1.83. The Morgan fingerprint density at radius 2 is 1.80 bits per heavy atom. The zero-order valence-corrected chi connectivity index (χ0v) is 12.3. The molecule has 0 aliphatic rings. The first-order valence-electron chi connectivity index (χ1n) is 5.63. The molecule has 0 saturated heterocycles. The zero-order valence-electron chi connectivity index (χ0n) is 11.5. The molecule has 0 fully saturated rings. The summed E-state index contributed by atoms with van der Waals surface area (Å²) in [5.41, 5.74) is 2.40. The van der Waals surface area contributed by atoms with E-state index in [2.05, 4.69) is 9.68 Å². The van der Waals surface area contributed by atoms with Crippen LogP contribution in [0, 0.1) is 20.8 Å². The predicted octanol–water partition coefficient (Wildman–Crippen LogP) is 2.13. The standard InChI is InChI=1S/C12H14N2O5S/c1-6-5-10(13-12(16)14-20(17)18)8(3)11(7(6)2)19-9(4)15/h5H,1-4H3,(H,13,16). The van der Waals surface area contributed by atoms with E-state index in [4.69, 9.17) is 4.74 Å². The number of benzene rings is 1. The van der Waals surface area contributed by atoms with Gasteiger partial charge in [-0.25, -0.2) is 4.79 Å². The molecule has 0 spiro atoms. The Bertz CT molecular complexity index is 699. The molecule has 0 aliphatic heterocycles. The average molecular weight is 298 g/mol. The normalized spacial score (nSPS) is 9.80. The number of aryl methyl sites for hydroxylation is 1. The van der Waals surface area contributed by atoms with Gasteiger partial charge in [-0.05, 0) is 38.0 Å². The van der Waals surface area contributed by atoms with E-state index in [9.17, 15) is 18.0 Å². The number of urea groups is 1. The maximum absolute atomic E-state index is 11.3. The first-order chi connectivity index (χ1) is 9.22. The molecular weight excluding hydrogens is 284 g/mol. The van der Waals surface area contributed by atoms with Crippen LogP contribution in [0.1, 0.15) is 23.6 Å². The maximum atomic E-state index is 11.3. The predicted molar refractivity (Wildman–Crippen MR) is 72.3 cm³/mol. The van der Waals surface area contributed by atoms with Crippen molar-refractivity contribution < 1.29 is 22.7 Å². The number of anilines is 1. The first kappa shape index (κ1) is 15.8. The molecule has 0 saturated carbocycles. The number of amides is 2. The number of esters is 1. The highest BCUT2D eigenvalue weighted by Gasteiger charge is 2.15. The molecule has 20 heavy (non-hydrogen) atoms. The molecule has 1 rings (SSSR count). The van der Waals surface area contributed by atoms with Crippen molar-refractivity contribution in [2.45, 2.75) is 27.7 Å². The van der Waals surface area contributed by atoms with Gasteiger partial charge in [-0.15, -0.1) is 0 Å². The van der Waals surface area contributed by atoms with Crippen molar-refractivity contribution in [3.8, 4) is 5.75 Å². The Labute approximate surface area is 117 Å². The van der Waals surface area contributed by atoms with E-state index in [0.29, 0.717) is 17.0 Å². The molecule has 108 valence electrons. The Morgan fingerprint density at radius 3 is 2.30 bits per heavy atom. The summed E-state index contributed by atoms with van der Waals surface area (Å²) >= 11 is 0. The lowest BCUT2D eigenvalue weighted by Gasteiger charge is -2.15. The lowest BCUT2D eigenvalue weighted by atomic mass is 10.0. The molecule has 0 aromatic heterocycles. The van der Waals surface area contributed by atoms with E-state index in [-0.39, 0.29) is 0 Å². The smallest absolute Gasteiger partial charge is 0.360 e. The number of carbonyl (C=O) groups is 2. The number of hydrogen-bond donors (Lipinski definition) is 1. The second-order valence-corrected chi connectivity index (χ2v) is 4.77. The minimum Gasteiger partial charge on any atom is -0.426 e. The summed E-state index contributed by atoms with van der Waals surface area (Å²) in [6, 6.07) is 0.636. The van der Waals surface area contributed by atoms with E-state index in [1.165, 1.54) is 6.92 Å². The second-order valence-electron chi connectivity index (χ2n) is 4.15. The lowest BCUT2D eigenvalue weighted by Crippen LogP contribution is -2.11. The van der Waals surface area contributed by atoms with Gasteiger partial charge < -0.3 is 10.1 Å². The fraction of sp³-hybridized carbons (Fsp3) is 0.333. The number of ether oxygens (including phenoxy) is 1. The third-order valence-electron chi connectivity index (χ3n) is 2.68. The van der Waals surface area contributed by atoms with Gasteiger partial charge in [0, 0.05) is 18.2 Å². The third-order valence-corrected chi connectivity index (χ3v) is 3.00. The van der Waals surface area contributed by atoms with Crippen molar-refractivity contribution in [2.24, 2.45) is 4.36 Å². The summed E-state index contributed by atoms with van der Waals surface area (Å²) in [6.07, 6.45) is 0. The summed E-state index contributed by atoms with van der Waals surface area (Å²) in [5.74, 6) is -0.138. The van der Waals surface area contributed by atoms with Crippen LogP contribution in [0.2, 0.25) is 0 Å². The van der Waals surface area contributed by atoms with Gasteiger partial charge in [0.15, 0.2) is 0 Å². The summed E-state index contributed by atoms with van der Waals surface area (Å²) < 4.78 is 28.6. The van der Waals surface area contributed by atoms with Crippen LogP contribution in [-0.2, 0) is 15.3 Å². The highest BCUT2D eigenvalue weighted by molar-refractivity contribution is 7.62. The summed E-state index contributed by atoms with van der Waals surface area (Å²) in [7, 11) is -2.82. The molecule has 0 heterocycles. The molecule has 2 amide bonds. The monoisotopic (exact) mass is 298 g/mol. The van der Waals surface area contributed by atoms with Crippen molar-refractivity contribution in [3.63, 3.8) is 0 Å².